The number of carboxylic acids is 1. The van der Waals surface area contributed by atoms with Gasteiger partial charge in [0.05, 0.1) is 0 Å². The number of nitrogens with zero attached hydrogens (tertiary/aromatic N) is 2. The van der Waals surface area contributed by atoms with Gasteiger partial charge in [0.15, 0.2) is 5.13 Å². The van der Waals surface area contributed by atoms with Gasteiger partial charge in [0.1, 0.15) is 12.3 Å². The Bertz CT molecular complexity index is 683. The number of benzene rings is 1. The molecule has 1 aromatic carbocycles. The van der Waals surface area contributed by atoms with Crippen molar-refractivity contribution in [3.63, 3.8) is 0 Å². The molecule has 0 aliphatic heterocycles. The van der Waals surface area contributed by atoms with Crippen molar-refractivity contribution in [2.75, 3.05) is 5.73 Å². The maximum Gasteiger partial charge on any atom is 0.360 e. The first-order valence-corrected chi connectivity index (χ1v) is 7.20. The van der Waals surface area contributed by atoms with E-state index >= 15 is 0 Å². The second-order valence-corrected chi connectivity index (χ2v) is 5.49. The van der Waals surface area contributed by atoms with E-state index in [0.29, 0.717) is 15.6 Å². The van der Waals surface area contributed by atoms with E-state index in [2.05, 4.69) is 10.1 Å². The normalized spacial score (nSPS) is 11.4. The van der Waals surface area contributed by atoms with Gasteiger partial charge >= 0.3 is 5.97 Å². The Morgan fingerprint density at radius 1 is 1.43 bits per heavy atom. The summed E-state index contributed by atoms with van der Waals surface area (Å²) in [6.45, 7) is -0.0606. The highest BCUT2D eigenvalue weighted by Crippen LogP contribution is 2.25. The molecule has 9 heteroatoms. The van der Waals surface area contributed by atoms with Crippen molar-refractivity contribution in [3.05, 3.63) is 44.9 Å². The van der Waals surface area contributed by atoms with Crippen LogP contribution in [0.3, 0.4) is 0 Å². The van der Waals surface area contributed by atoms with Crippen molar-refractivity contribution in [2.45, 2.75) is 6.61 Å². The van der Waals surface area contributed by atoms with Gasteiger partial charge in [-0.2, -0.15) is 0 Å². The summed E-state index contributed by atoms with van der Waals surface area (Å²) < 4.78 is 0. The van der Waals surface area contributed by atoms with Crippen molar-refractivity contribution in [2.24, 2.45) is 5.16 Å². The highest BCUT2D eigenvalue weighted by atomic mass is 35.5. The third-order valence-electron chi connectivity index (χ3n) is 2.39. The highest BCUT2D eigenvalue weighted by Gasteiger charge is 2.17. The Labute approximate surface area is 133 Å². The molecule has 21 heavy (non-hydrogen) atoms. The largest absolute Gasteiger partial charge is 0.476 e. The lowest BCUT2D eigenvalue weighted by Crippen LogP contribution is -2.15. The van der Waals surface area contributed by atoms with E-state index in [1.165, 1.54) is 5.38 Å². The number of hydrogen-bond acceptors (Lipinski definition) is 6. The summed E-state index contributed by atoms with van der Waals surface area (Å²) in [6.07, 6.45) is 0. The molecule has 0 saturated carbocycles. The number of carboxylic acid groups (broad SMARTS) is 1. The number of nitrogens with two attached hydrogens (primary N) is 1. The highest BCUT2D eigenvalue weighted by molar-refractivity contribution is 7.13. The van der Waals surface area contributed by atoms with Gasteiger partial charge in [0, 0.05) is 21.0 Å². The Kier molecular flexibility index (Phi) is 5.00. The van der Waals surface area contributed by atoms with Gasteiger partial charge in [-0.25, -0.2) is 9.78 Å². The Hall–Kier alpha value is -1.83. The van der Waals surface area contributed by atoms with Gasteiger partial charge in [-0.1, -0.05) is 34.4 Å². The average molecular weight is 346 g/mol. The van der Waals surface area contributed by atoms with Crippen LogP contribution in [-0.4, -0.2) is 21.8 Å². The molecule has 0 fully saturated rings. The minimum absolute atomic E-state index is 0.0606. The number of hydrogen-bond donors (Lipinski definition) is 2. The number of aliphatic carboxylic acids is 1. The maximum absolute atomic E-state index is 11.1. The molecule has 0 aliphatic carbocycles. The number of anilines is 1. The third kappa shape index (κ3) is 3.84. The van der Waals surface area contributed by atoms with Crippen LogP contribution >= 0.6 is 34.5 Å². The van der Waals surface area contributed by atoms with Crippen LogP contribution in [0.4, 0.5) is 5.13 Å². The molecule has 0 saturated heterocycles. The minimum atomic E-state index is -1.27. The van der Waals surface area contributed by atoms with Crippen molar-refractivity contribution in [3.8, 4) is 0 Å². The van der Waals surface area contributed by atoms with E-state index in [4.69, 9.17) is 38.9 Å². The predicted octanol–water partition coefficient (Wildman–Crippen LogP) is 3.04. The zero-order chi connectivity index (χ0) is 15.4. The van der Waals surface area contributed by atoms with Crippen molar-refractivity contribution >= 4 is 51.4 Å². The fourth-order valence-electron chi connectivity index (χ4n) is 1.42. The number of aromatic nitrogens is 1. The van der Waals surface area contributed by atoms with E-state index in [0.717, 1.165) is 11.3 Å². The second kappa shape index (κ2) is 6.75. The van der Waals surface area contributed by atoms with Gasteiger partial charge in [0.2, 0.25) is 5.71 Å². The second-order valence-electron chi connectivity index (χ2n) is 3.79. The molecule has 2 aromatic rings. The first kappa shape index (κ1) is 15.6. The molecular weight excluding hydrogens is 337 g/mol. The number of thiazole rings is 1. The molecule has 0 atom stereocenters. The molecule has 0 unspecified atom stereocenters. The molecule has 0 aliphatic rings. The van der Waals surface area contributed by atoms with E-state index in [1.807, 2.05) is 0 Å². The third-order valence-corrected chi connectivity index (χ3v) is 3.78. The molecule has 3 N–H and O–H groups in total. The van der Waals surface area contributed by atoms with Gasteiger partial charge < -0.3 is 15.7 Å². The summed E-state index contributed by atoms with van der Waals surface area (Å²) in [5.41, 5.74) is 5.77. The molecule has 6 nitrogen and oxygen atoms in total. The Morgan fingerprint density at radius 3 is 2.62 bits per heavy atom. The molecule has 0 spiro atoms. The summed E-state index contributed by atoms with van der Waals surface area (Å²) in [6, 6.07) is 4.99. The molecule has 2 rings (SSSR count). The fraction of sp³-hybridized carbons (Fsp3) is 0.0833. The monoisotopic (exact) mass is 345 g/mol. The van der Waals surface area contributed by atoms with Gasteiger partial charge in [-0.15, -0.1) is 11.3 Å². The van der Waals surface area contributed by atoms with Gasteiger partial charge in [-0.05, 0) is 12.1 Å². The van der Waals surface area contributed by atoms with Crippen LogP contribution < -0.4 is 5.73 Å². The quantitative estimate of drug-likeness (QED) is 0.641. The van der Waals surface area contributed by atoms with Crippen molar-refractivity contribution < 1.29 is 14.7 Å². The van der Waals surface area contributed by atoms with Gasteiger partial charge in [0.25, 0.3) is 0 Å². The average Bonchev–Trinajstić information content (AvgIpc) is 2.83. The summed E-state index contributed by atoms with van der Waals surface area (Å²) >= 11 is 13.1. The lowest BCUT2D eigenvalue weighted by atomic mass is 10.2. The van der Waals surface area contributed by atoms with Crippen LogP contribution in [0.5, 0.6) is 0 Å². The number of rotatable bonds is 5. The minimum Gasteiger partial charge on any atom is -0.476 e. The Balaban J connectivity index is 2.16. The van der Waals surface area contributed by atoms with Crippen LogP contribution in [0.1, 0.15) is 11.3 Å². The maximum atomic E-state index is 11.1. The predicted molar refractivity (Wildman–Crippen MR) is 82.0 cm³/mol. The van der Waals surface area contributed by atoms with Crippen LogP contribution in [0.2, 0.25) is 10.0 Å². The van der Waals surface area contributed by atoms with Gasteiger partial charge in [-0.3, -0.25) is 0 Å². The molecule has 0 bridgehead atoms. The molecule has 0 radical (unpaired) electrons. The fourth-order valence-corrected chi connectivity index (χ4v) is 2.48. The lowest BCUT2D eigenvalue weighted by Gasteiger charge is -2.05. The molecule has 110 valence electrons. The van der Waals surface area contributed by atoms with E-state index in [-0.39, 0.29) is 23.1 Å². The van der Waals surface area contributed by atoms with Crippen LogP contribution in [0.15, 0.2) is 28.7 Å². The SMILES string of the molecule is Nc1nc(C(=NOCc2c(Cl)cccc2Cl)C(=O)O)cs1. The van der Waals surface area contributed by atoms with Crippen LogP contribution in [0, 0.1) is 0 Å². The summed E-state index contributed by atoms with van der Waals surface area (Å²) in [5, 5.41) is 15.2. The number of halogens is 2. The van der Waals surface area contributed by atoms with Crippen molar-refractivity contribution in [1.29, 1.82) is 0 Å². The summed E-state index contributed by atoms with van der Waals surface area (Å²) in [4.78, 5) is 20.0. The number of carbonyl (C=O) groups is 1. The van der Waals surface area contributed by atoms with Crippen LogP contribution in [-0.2, 0) is 16.2 Å². The number of oxime groups is 1. The summed E-state index contributed by atoms with van der Waals surface area (Å²) in [7, 11) is 0. The van der Waals surface area contributed by atoms with Crippen LogP contribution in [0.25, 0.3) is 0 Å². The summed E-state index contributed by atoms with van der Waals surface area (Å²) in [5.74, 6) is -1.27. The zero-order valence-electron chi connectivity index (χ0n) is 10.4. The smallest absolute Gasteiger partial charge is 0.360 e. The number of nitrogen functional groups attached to an aromatic ring is 1. The zero-order valence-corrected chi connectivity index (χ0v) is 12.7. The topological polar surface area (TPSA) is 97.8 Å². The molecule has 1 aromatic heterocycles. The first-order chi connectivity index (χ1) is 9.99. The molecule has 1 heterocycles. The first-order valence-electron chi connectivity index (χ1n) is 5.56. The molecule has 0 amide bonds. The van der Waals surface area contributed by atoms with E-state index < -0.39 is 5.97 Å². The van der Waals surface area contributed by atoms with E-state index in [9.17, 15) is 4.79 Å². The lowest BCUT2D eigenvalue weighted by molar-refractivity contribution is -0.129. The van der Waals surface area contributed by atoms with Crippen molar-refractivity contribution in [1.82, 2.24) is 4.98 Å². The molecular formula is C12H9Cl2N3O3S. The Morgan fingerprint density at radius 2 is 2.10 bits per heavy atom. The standard InChI is InChI=1S/C12H9Cl2N3O3S/c13-7-2-1-3-8(14)6(7)4-20-17-10(11(18)19)9-5-21-12(15)16-9/h1-3,5H,4H2,(H2,15,16)(H,18,19). The van der Waals surface area contributed by atoms with E-state index in [1.54, 1.807) is 18.2 Å².